The Hall–Kier alpha value is -4.19. The molecule has 0 spiro atoms. The number of carbonyl (C=O) groups excluding carboxylic acids is 3. The van der Waals surface area contributed by atoms with E-state index in [1.807, 2.05) is 0 Å². The van der Waals surface area contributed by atoms with E-state index in [9.17, 15) is 14.4 Å². The van der Waals surface area contributed by atoms with Crippen LogP contribution in [-0.2, 0) is 37.1 Å². The van der Waals surface area contributed by atoms with E-state index < -0.39 is 23.5 Å². The van der Waals surface area contributed by atoms with Crippen LogP contribution < -0.4 is 9.97 Å². The van der Waals surface area contributed by atoms with Gasteiger partial charge in [0.15, 0.2) is 0 Å². The second-order valence-electron chi connectivity index (χ2n) is 13.4. The third-order valence-corrected chi connectivity index (χ3v) is 8.97. The van der Waals surface area contributed by atoms with Gasteiger partial charge in [-0.05, 0) is 71.9 Å². The predicted octanol–water partition coefficient (Wildman–Crippen LogP) is 6.81. The SMILES string of the molecule is CCCC1=C(CCC)c2nc1nc(C(=O)N(C)C)[n-]c(C(=O)N(C)C(C)=O)nc1nc(nc3[n-]c(n2)c(CCC)c3CCC)C(CCC)=C1CCC.[Zn+2]. The molecule has 6 bridgehead atoms. The average molecular weight is 776 g/mol. The van der Waals surface area contributed by atoms with Gasteiger partial charge in [0.2, 0.25) is 5.91 Å². The molecule has 3 amide bonds. The molecule has 0 unspecified atom stereocenters. The smallest absolute Gasteiger partial charge is 0.358 e. The Balaban J connectivity index is 0.00000756. The first-order valence-corrected chi connectivity index (χ1v) is 18.8. The van der Waals surface area contributed by atoms with Crippen LogP contribution in [0.4, 0.5) is 0 Å². The molecule has 0 fully saturated rings. The zero-order chi connectivity index (χ0) is 38.1. The van der Waals surface area contributed by atoms with E-state index in [0.717, 1.165) is 89.7 Å². The molecule has 0 atom stereocenters. The zero-order valence-electron chi connectivity index (χ0n) is 33.4. The molecule has 13 nitrogen and oxygen atoms in total. The van der Waals surface area contributed by atoms with Gasteiger partial charge in [0.25, 0.3) is 11.8 Å². The molecule has 14 heteroatoms. The Morgan fingerprint density at radius 1 is 0.491 bits per heavy atom. The molecular weight excluding hydrogens is 722 g/mol. The Morgan fingerprint density at radius 2 is 0.830 bits per heavy atom. The summed E-state index contributed by atoms with van der Waals surface area (Å²) in [6.07, 6.45) is 9.24. The number of nitrogens with zero attached hydrogens (tertiary/aromatic N) is 10. The fourth-order valence-corrected chi connectivity index (χ4v) is 6.38. The van der Waals surface area contributed by atoms with Crippen LogP contribution in [0.25, 0.3) is 33.6 Å². The zero-order valence-corrected chi connectivity index (χ0v) is 36.4. The maximum atomic E-state index is 14.0. The summed E-state index contributed by atoms with van der Waals surface area (Å²) in [5, 5.41) is 0. The Labute approximate surface area is 326 Å². The molecule has 0 aliphatic carbocycles. The monoisotopic (exact) mass is 774 g/mol. The van der Waals surface area contributed by atoms with Crippen molar-refractivity contribution >= 4 is 51.3 Å². The first kappa shape index (κ1) is 43.2. The minimum atomic E-state index is -0.794. The first-order valence-electron chi connectivity index (χ1n) is 18.8. The van der Waals surface area contributed by atoms with Gasteiger partial charge in [-0.15, -0.1) is 0 Å². The van der Waals surface area contributed by atoms with Gasteiger partial charge in [-0.1, -0.05) is 80.1 Å². The fourth-order valence-electron chi connectivity index (χ4n) is 6.38. The van der Waals surface area contributed by atoms with Crippen molar-refractivity contribution < 1.29 is 33.9 Å². The van der Waals surface area contributed by atoms with Gasteiger partial charge in [-0.2, -0.15) is 0 Å². The standard InChI is InChI=1S/C39H55N10O3.Zn/c1-11-17-24-25(18-12-2)31-40-30(24)41-32-26(19-13-3)28(21-15-5)34(43-32)45-36(38(51)48(8)9)47-37(39(52)49(10)23(7)50)46-35-29(22-16-6)27(20-14-4)33(42-31)44-35;/h11-22H2,1-10H3,(H-,40,41,42,43,44,45,46,47,51,52);/q-1;+2/p-1. The Morgan fingerprint density at radius 3 is 1.15 bits per heavy atom. The molecule has 0 saturated heterocycles. The minimum absolute atomic E-state index is 0. The first-order chi connectivity index (χ1) is 24.9. The number of imide groups is 1. The van der Waals surface area contributed by atoms with E-state index in [0.29, 0.717) is 54.5 Å². The number of fused-ring (bicyclic) bond motifs is 6. The van der Waals surface area contributed by atoms with Crippen molar-refractivity contribution in [2.45, 2.75) is 126 Å². The summed E-state index contributed by atoms with van der Waals surface area (Å²) in [5.74, 6) is -0.986. The summed E-state index contributed by atoms with van der Waals surface area (Å²) in [4.78, 5) is 81.8. The van der Waals surface area contributed by atoms with Crippen molar-refractivity contribution in [3.05, 3.63) is 46.1 Å². The van der Waals surface area contributed by atoms with Crippen LogP contribution in [0.2, 0.25) is 0 Å². The number of hydrogen-bond donors (Lipinski definition) is 0. The van der Waals surface area contributed by atoms with E-state index in [1.54, 1.807) is 14.1 Å². The quantitative estimate of drug-likeness (QED) is 0.185. The van der Waals surface area contributed by atoms with Crippen molar-refractivity contribution in [1.82, 2.24) is 49.7 Å². The summed E-state index contributed by atoms with van der Waals surface area (Å²) in [7, 11) is 4.52. The molecule has 53 heavy (non-hydrogen) atoms. The van der Waals surface area contributed by atoms with Crippen LogP contribution in [0.3, 0.4) is 0 Å². The summed E-state index contributed by atoms with van der Waals surface area (Å²) >= 11 is 0. The third-order valence-electron chi connectivity index (χ3n) is 8.97. The van der Waals surface area contributed by atoms with Gasteiger partial charge in [-0.25, -0.2) is 9.97 Å². The van der Waals surface area contributed by atoms with Crippen molar-refractivity contribution in [3.63, 3.8) is 0 Å². The number of rotatable bonds is 14. The van der Waals surface area contributed by atoms with E-state index >= 15 is 0 Å². The predicted molar refractivity (Wildman–Crippen MR) is 203 cm³/mol. The minimum Gasteiger partial charge on any atom is -0.358 e. The van der Waals surface area contributed by atoms with Crippen LogP contribution in [-0.4, -0.2) is 78.6 Å². The molecule has 2 aliphatic rings. The molecule has 2 aromatic rings. The van der Waals surface area contributed by atoms with Crippen LogP contribution in [0.1, 0.15) is 168 Å². The second kappa shape index (κ2) is 19.8. The van der Waals surface area contributed by atoms with Gasteiger partial charge in [0.05, 0.1) is 34.9 Å². The number of hydrogen-bond acceptors (Lipinski definition) is 9. The molecule has 280 valence electrons. The normalized spacial score (nSPS) is 12.4. The van der Waals surface area contributed by atoms with Gasteiger partial charge in [-0.3, -0.25) is 19.3 Å². The van der Waals surface area contributed by atoms with Crippen LogP contribution in [0.5, 0.6) is 0 Å². The van der Waals surface area contributed by atoms with Crippen molar-refractivity contribution in [1.29, 1.82) is 0 Å². The summed E-state index contributed by atoms with van der Waals surface area (Å²) in [6, 6.07) is 0. The van der Waals surface area contributed by atoms with Crippen LogP contribution >= 0.6 is 0 Å². The number of aromatic nitrogens is 8. The number of allylic oxidation sites excluding steroid dienone is 4. The average Bonchev–Trinajstić information content (AvgIpc) is 3.71. The van der Waals surface area contributed by atoms with E-state index in [1.165, 1.54) is 18.9 Å². The molecule has 2 aliphatic heterocycles. The van der Waals surface area contributed by atoms with Crippen molar-refractivity contribution in [3.8, 4) is 0 Å². The molecule has 0 radical (unpaired) electrons. The summed E-state index contributed by atoms with van der Waals surface area (Å²) in [6.45, 7) is 13.9. The van der Waals surface area contributed by atoms with E-state index in [-0.39, 0.29) is 31.1 Å². The van der Waals surface area contributed by atoms with E-state index in [2.05, 4.69) is 46.5 Å². The molecule has 0 aromatic carbocycles. The molecule has 2 aromatic heterocycles. The summed E-state index contributed by atoms with van der Waals surface area (Å²) in [5.41, 5.74) is 6.85. The summed E-state index contributed by atoms with van der Waals surface area (Å²) < 4.78 is 0. The molecule has 0 saturated carbocycles. The maximum absolute atomic E-state index is 14.0. The largest absolute Gasteiger partial charge is 2.00 e. The third kappa shape index (κ3) is 9.68. The molecule has 4 heterocycles. The Kier molecular flexibility index (Phi) is 16.1. The van der Waals surface area contributed by atoms with Crippen molar-refractivity contribution in [2.24, 2.45) is 0 Å². The van der Waals surface area contributed by atoms with Gasteiger partial charge in [0, 0.05) is 39.4 Å². The van der Waals surface area contributed by atoms with Crippen molar-refractivity contribution in [2.75, 3.05) is 21.1 Å². The molecule has 4 rings (SSSR count). The van der Waals surface area contributed by atoms with Gasteiger partial charge < -0.3 is 34.8 Å². The second-order valence-corrected chi connectivity index (χ2v) is 13.4. The number of amides is 3. The fraction of sp³-hybridized carbons (Fsp3) is 0.564. The van der Waals surface area contributed by atoms with Gasteiger partial charge in [0.1, 0.15) is 0 Å². The van der Waals surface area contributed by atoms with Crippen LogP contribution in [0.15, 0.2) is 0 Å². The Bertz CT molecular complexity index is 1940. The molecular formula is C39H54N10O3Zn. The maximum Gasteiger partial charge on any atom is 2.00 e. The topological polar surface area (TPSA) is 163 Å². The van der Waals surface area contributed by atoms with Crippen LogP contribution in [0, 0.1) is 0 Å². The molecule has 0 N–H and O–H groups in total. The number of carbonyl (C=O) groups is 3. The number of aryl methyl sites for hydroxylation is 2. The van der Waals surface area contributed by atoms with Gasteiger partial charge >= 0.3 is 19.5 Å². The van der Waals surface area contributed by atoms with E-state index in [4.69, 9.17) is 34.9 Å².